The van der Waals surface area contributed by atoms with E-state index in [1.165, 1.54) is 19.3 Å². The zero-order valence-electron chi connectivity index (χ0n) is 8.77. The van der Waals surface area contributed by atoms with Gasteiger partial charge in [-0.1, -0.05) is 13.3 Å². The lowest BCUT2D eigenvalue weighted by molar-refractivity contribution is 0.122. The molecular formula is C9H17N5. The lowest BCUT2D eigenvalue weighted by Crippen LogP contribution is -2.32. The maximum absolute atomic E-state index is 5.77. The molecule has 1 aromatic heterocycles. The average molecular weight is 195 g/mol. The van der Waals surface area contributed by atoms with Crippen LogP contribution in [-0.2, 0) is 6.54 Å². The smallest absolute Gasteiger partial charge is 0.167 e. The van der Waals surface area contributed by atoms with Crippen LogP contribution < -0.4 is 5.73 Å². The molecule has 78 valence electrons. The van der Waals surface area contributed by atoms with Gasteiger partial charge in [-0.05, 0) is 35.6 Å². The van der Waals surface area contributed by atoms with E-state index in [2.05, 4.69) is 22.4 Å². The van der Waals surface area contributed by atoms with Gasteiger partial charge in [0, 0.05) is 0 Å². The monoisotopic (exact) mass is 195 g/mol. The molecule has 1 aromatic rings. The molecule has 0 amide bonds. The third-order valence-electron chi connectivity index (χ3n) is 3.06. The van der Waals surface area contributed by atoms with Crippen molar-refractivity contribution in [1.82, 2.24) is 20.2 Å². The number of aromatic nitrogens is 4. The van der Waals surface area contributed by atoms with Gasteiger partial charge in [0.05, 0.1) is 12.6 Å². The van der Waals surface area contributed by atoms with Crippen LogP contribution in [0.5, 0.6) is 0 Å². The van der Waals surface area contributed by atoms with Gasteiger partial charge in [-0.15, -0.1) is 5.10 Å². The number of rotatable bonds is 3. The fourth-order valence-electron chi connectivity index (χ4n) is 1.95. The molecule has 1 unspecified atom stereocenters. The second-order valence-corrected chi connectivity index (χ2v) is 4.65. The number of hydrogen-bond acceptors (Lipinski definition) is 4. The first-order chi connectivity index (χ1) is 6.61. The van der Waals surface area contributed by atoms with Gasteiger partial charge in [0.2, 0.25) is 0 Å². The molecule has 0 aliphatic heterocycles. The highest BCUT2D eigenvalue weighted by molar-refractivity contribution is 4.91. The highest BCUT2D eigenvalue weighted by atomic mass is 15.5. The first-order valence-corrected chi connectivity index (χ1v) is 5.12. The van der Waals surface area contributed by atoms with Gasteiger partial charge >= 0.3 is 0 Å². The van der Waals surface area contributed by atoms with Gasteiger partial charge in [-0.2, -0.15) is 0 Å². The van der Waals surface area contributed by atoms with Gasteiger partial charge in [0.1, 0.15) is 0 Å². The van der Waals surface area contributed by atoms with Crippen LogP contribution in [0, 0.1) is 5.41 Å². The van der Waals surface area contributed by atoms with Crippen molar-refractivity contribution in [3.63, 3.8) is 0 Å². The van der Waals surface area contributed by atoms with Crippen LogP contribution >= 0.6 is 0 Å². The summed E-state index contributed by atoms with van der Waals surface area (Å²) in [6.07, 6.45) is 3.86. The molecule has 5 nitrogen and oxygen atoms in total. The molecule has 14 heavy (non-hydrogen) atoms. The molecule has 1 aliphatic rings. The van der Waals surface area contributed by atoms with Crippen molar-refractivity contribution in [2.24, 2.45) is 11.1 Å². The van der Waals surface area contributed by atoms with Gasteiger partial charge in [-0.3, -0.25) is 0 Å². The molecular weight excluding hydrogens is 178 g/mol. The Hall–Kier alpha value is -0.970. The molecule has 2 rings (SSSR count). The molecule has 5 heteroatoms. The third-order valence-corrected chi connectivity index (χ3v) is 3.06. The Labute approximate surface area is 83.7 Å². The number of tetrazole rings is 1. The third kappa shape index (κ3) is 1.64. The van der Waals surface area contributed by atoms with Crippen LogP contribution in [0.4, 0.5) is 0 Å². The number of hydrogen-bond donors (Lipinski definition) is 1. The minimum atomic E-state index is -0.0892. The SMILES string of the molecule is CC(N)c1nnnn1CC1(C)CCC1. The van der Waals surface area contributed by atoms with Gasteiger partial charge in [0.15, 0.2) is 5.82 Å². The second-order valence-electron chi connectivity index (χ2n) is 4.65. The maximum Gasteiger partial charge on any atom is 0.167 e. The summed E-state index contributed by atoms with van der Waals surface area (Å²) in [5.41, 5.74) is 6.16. The predicted molar refractivity (Wildman–Crippen MR) is 52.4 cm³/mol. The van der Waals surface area contributed by atoms with E-state index in [1.807, 2.05) is 11.6 Å². The molecule has 0 radical (unpaired) electrons. The molecule has 0 saturated heterocycles. The average Bonchev–Trinajstić information content (AvgIpc) is 2.49. The molecule has 0 aromatic carbocycles. The van der Waals surface area contributed by atoms with E-state index in [9.17, 15) is 0 Å². The molecule has 1 atom stereocenters. The van der Waals surface area contributed by atoms with E-state index in [0.29, 0.717) is 5.41 Å². The summed E-state index contributed by atoms with van der Waals surface area (Å²) in [6, 6.07) is -0.0892. The predicted octanol–water partition coefficient (Wildman–Crippen LogP) is 0.883. The van der Waals surface area contributed by atoms with Crippen LogP contribution in [0.15, 0.2) is 0 Å². The summed E-state index contributed by atoms with van der Waals surface area (Å²) in [6.45, 7) is 5.09. The minimum Gasteiger partial charge on any atom is -0.322 e. The Kier molecular flexibility index (Phi) is 2.26. The van der Waals surface area contributed by atoms with Gasteiger partial charge in [0.25, 0.3) is 0 Å². The van der Waals surface area contributed by atoms with Crippen LogP contribution in [0.25, 0.3) is 0 Å². The van der Waals surface area contributed by atoms with Gasteiger partial charge in [-0.25, -0.2) is 4.68 Å². The largest absolute Gasteiger partial charge is 0.322 e. The van der Waals surface area contributed by atoms with E-state index in [0.717, 1.165) is 12.4 Å². The molecule has 1 heterocycles. The Morgan fingerprint density at radius 1 is 1.57 bits per heavy atom. The van der Waals surface area contributed by atoms with E-state index in [4.69, 9.17) is 5.73 Å². The minimum absolute atomic E-state index is 0.0892. The second kappa shape index (κ2) is 3.31. The maximum atomic E-state index is 5.77. The van der Waals surface area contributed by atoms with E-state index >= 15 is 0 Å². The first kappa shape index (κ1) is 9.58. The quantitative estimate of drug-likeness (QED) is 0.777. The van der Waals surface area contributed by atoms with Crippen molar-refractivity contribution in [1.29, 1.82) is 0 Å². The summed E-state index contributed by atoms with van der Waals surface area (Å²) in [5.74, 6) is 0.790. The number of nitrogens with two attached hydrogens (primary N) is 1. The van der Waals surface area contributed by atoms with Crippen LogP contribution in [0.2, 0.25) is 0 Å². The Balaban J connectivity index is 2.12. The fourth-order valence-corrected chi connectivity index (χ4v) is 1.95. The molecule has 1 fully saturated rings. The summed E-state index contributed by atoms with van der Waals surface area (Å²) in [7, 11) is 0. The summed E-state index contributed by atoms with van der Waals surface area (Å²) in [4.78, 5) is 0. The molecule has 0 spiro atoms. The Bertz CT molecular complexity index is 313. The van der Waals surface area contributed by atoms with Crippen molar-refractivity contribution >= 4 is 0 Å². The van der Waals surface area contributed by atoms with Crippen molar-refractivity contribution in [2.45, 2.75) is 45.7 Å². The lowest BCUT2D eigenvalue weighted by Gasteiger charge is -2.38. The lowest BCUT2D eigenvalue weighted by atomic mass is 9.70. The van der Waals surface area contributed by atoms with Crippen molar-refractivity contribution in [3.05, 3.63) is 5.82 Å². The summed E-state index contributed by atoms with van der Waals surface area (Å²) >= 11 is 0. The Morgan fingerprint density at radius 3 is 2.79 bits per heavy atom. The summed E-state index contributed by atoms with van der Waals surface area (Å²) < 4.78 is 1.85. The molecule has 1 aliphatic carbocycles. The number of nitrogens with zero attached hydrogens (tertiary/aromatic N) is 4. The van der Waals surface area contributed by atoms with E-state index in [-0.39, 0.29) is 6.04 Å². The Morgan fingerprint density at radius 2 is 2.29 bits per heavy atom. The van der Waals surface area contributed by atoms with E-state index < -0.39 is 0 Å². The molecule has 0 bridgehead atoms. The normalized spacial score (nSPS) is 21.6. The molecule has 2 N–H and O–H groups in total. The van der Waals surface area contributed by atoms with E-state index in [1.54, 1.807) is 0 Å². The van der Waals surface area contributed by atoms with Gasteiger partial charge < -0.3 is 5.73 Å². The molecule has 1 saturated carbocycles. The fraction of sp³-hybridized carbons (Fsp3) is 0.889. The van der Waals surface area contributed by atoms with Crippen molar-refractivity contribution < 1.29 is 0 Å². The zero-order chi connectivity index (χ0) is 10.2. The standard InChI is InChI=1S/C9H17N5/c1-7(10)8-11-12-13-14(8)6-9(2)4-3-5-9/h7H,3-6,10H2,1-2H3. The van der Waals surface area contributed by atoms with Crippen molar-refractivity contribution in [2.75, 3.05) is 0 Å². The highest BCUT2D eigenvalue weighted by Gasteiger charge is 2.33. The topological polar surface area (TPSA) is 69.6 Å². The summed E-state index contributed by atoms with van der Waals surface area (Å²) in [5, 5.41) is 11.6. The zero-order valence-corrected chi connectivity index (χ0v) is 8.77. The van der Waals surface area contributed by atoms with Crippen LogP contribution in [0.1, 0.15) is 45.0 Å². The van der Waals surface area contributed by atoms with Crippen LogP contribution in [-0.4, -0.2) is 20.2 Å². The van der Waals surface area contributed by atoms with Crippen LogP contribution in [0.3, 0.4) is 0 Å². The highest BCUT2D eigenvalue weighted by Crippen LogP contribution is 2.41. The van der Waals surface area contributed by atoms with Crippen molar-refractivity contribution in [3.8, 4) is 0 Å². The first-order valence-electron chi connectivity index (χ1n) is 5.12.